The van der Waals surface area contributed by atoms with E-state index in [9.17, 15) is 9.59 Å². The van der Waals surface area contributed by atoms with Crippen molar-refractivity contribution in [1.29, 1.82) is 0 Å². The first-order chi connectivity index (χ1) is 13.9. The number of rotatable bonds is 7. The van der Waals surface area contributed by atoms with Crippen molar-refractivity contribution >= 4 is 29.1 Å². The first-order valence-corrected chi connectivity index (χ1v) is 10.2. The van der Waals surface area contributed by atoms with Crippen molar-refractivity contribution in [2.24, 2.45) is 5.92 Å². The molecule has 7 heteroatoms. The molecule has 6 nitrogen and oxygen atoms in total. The molecule has 0 spiro atoms. The van der Waals surface area contributed by atoms with Crippen LogP contribution in [0, 0.1) is 19.8 Å². The van der Waals surface area contributed by atoms with Gasteiger partial charge in [-0.25, -0.2) is 4.98 Å². The fourth-order valence-electron chi connectivity index (χ4n) is 3.81. The normalized spacial score (nSPS) is 15.3. The Balaban J connectivity index is 1.52. The molecule has 0 saturated carbocycles. The smallest absolute Gasteiger partial charge is 0.228 e. The SMILES string of the molecule is C=CCn1c(C)cc(C(=O)CN2CCC(C(=O)Nc3ccc(Cl)cn3)CC2)c1C. The number of Topliss-reactive ketones (excluding diaryl/α,β-unsaturated/α-hetero) is 1. The highest BCUT2D eigenvalue weighted by molar-refractivity contribution is 6.30. The van der Waals surface area contributed by atoms with Crippen LogP contribution in [0.2, 0.25) is 5.02 Å². The van der Waals surface area contributed by atoms with Gasteiger partial charge in [0.2, 0.25) is 5.91 Å². The van der Waals surface area contributed by atoms with E-state index in [1.807, 2.05) is 26.0 Å². The summed E-state index contributed by atoms with van der Waals surface area (Å²) in [4.78, 5) is 31.5. The Kier molecular flexibility index (Phi) is 6.87. The summed E-state index contributed by atoms with van der Waals surface area (Å²) in [7, 11) is 0. The van der Waals surface area contributed by atoms with E-state index in [4.69, 9.17) is 11.6 Å². The molecule has 1 saturated heterocycles. The molecule has 3 rings (SSSR count). The van der Waals surface area contributed by atoms with Crippen molar-refractivity contribution in [1.82, 2.24) is 14.5 Å². The molecular formula is C22H27ClN4O2. The molecule has 1 fully saturated rings. The first kappa shape index (κ1) is 21.3. The lowest BCUT2D eigenvalue weighted by Gasteiger charge is -2.30. The zero-order valence-corrected chi connectivity index (χ0v) is 17.7. The summed E-state index contributed by atoms with van der Waals surface area (Å²) in [5.41, 5.74) is 2.83. The van der Waals surface area contributed by atoms with Crippen LogP contribution in [-0.2, 0) is 11.3 Å². The molecular weight excluding hydrogens is 388 g/mol. The van der Waals surface area contributed by atoms with Gasteiger partial charge in [0.25, 0.3) is 0 Å². The van der Waals surface area contributed by atoms with Crippen LogP contribution >= 0.6 is 11.6 Å². The van der Waals surface area contributed by atoms with E-state index in [-0.39, 0.29) is 17.6 Å². The molecule has 0 atom stereocenters. The first-order valence-electron chi connectivity index (χ1n) is 9.84. The van der Waals surface area contributed by atoms with Crippen molar-refractivity contribution in [3.8, 4) is 0 Å². The highest BCUT2D eigenvalue weighted by Crippen LogP contribution is 2.21. The molecule has 0 aromatic carbocycles. The van der Waals surface area contributed by atoms with E-state index in [1.165, 1.54) is 6.20 Å². The van der Waals surface area contributed by atoms with Crippen LogP contribution in [0.25, 0.3) is 0 Å². The number of carbonyl (C=O) groups is 2. The number of aryl methyl sites for hydroxylation is 1. The number of ketones is 1. The lowest BCUT2D eigenvalue weighted by molar-refractivity contribution is -0.121. The van der Waals surface area contributed by atoms with Gasteiger partial charge < -0.3 is 9.88 Å². The molecule has 1 aliphatic rings. The van der Waals surface area contributed by atoms with Crippen molar-refractivity contribution in [2.75, 3.05) is 25.0 Å². The minimum atomic E-state index is -0.0727. The minimum absolute atomic E-state index is 0.0289. The molecule has 1 N–H and O–H groups in total. The van der Waals surface area contributed by atoms with Crippen molar-refractivity contribution in [2.45, 2.75) is 33.2 Å². The van der Waals surface area contributed by atoms with Gasteiger partial charge in [-0.05, 0) is 58.0 Å². The summed E-state index contributed by atoms with van der Waals surface area (Å²) in [5.74, 6) is 0.531. The topological polar surface area (TPSA) is 67.2 Å². The lowest BCUT2D eigenvalue weighted by Crippen LogP contribution is -2.40. The van der Waals surface area contributed by atoms with E-state index in [1.54, 1.807) is 12.1 Å². The monoisotopic (exact) mass is 414 g/mol. The number of hydrogen-bond acceptors (Lipinski definition) is 4. The van der Waals surface area contributed by atoms with Crippen LogP contribution in [0.1, 0.15) is 34.6 Å². The van der Waals surface area contributed by atoms with Crippen LogP contribution in [0.5, 0.6) is 0 Å². The van der Waals surface area contributed by atoms with Crippen molar-refractivity contribution in [3.63, 3.8) is 0 Å². The number of nitrogens with zero attached hydrogens (tertiary/aromatic N) is 3. The van der Waals surface area contributed by atoms with Gasteiger partial charge in [-0.2, -0.15) is 0 Å². The molecule has 154 valence electrons. The largest absolute Gasteiger partial charge is 0.345 e. The van der Waals surface area contributed by atoms with Gasteiger partial charge in [0.1, 0.15) is 5.82 Å². The standard InChI is InChI=1S/C22H27ClN4O2/c1-4-9-27-15(2)12-19(16(27)3)20(28)14-26-10-7-17(8-11-26)22(29)25-21-6-5-18(23)13-24-21/h4-6,12-13,17H,1,7-11,14H2,2-3H3,(H,24,25,29). The summed E-state index contributed by atoms with van der Waals surface area (Å²) >= 11 is 5.82. The maximum absolute atomic E-state index is 12.8. The molecule has 2 aromatic rings. The molecule has 0 radical (unpaired) electrons. The Morgan fingerprint density at radius 1 is 1.31 bits per heavy atom. The van der Waals surface area contributed by atoms with Gasteiger partial charge in [0.05, 0.1) is 11.6 Å². The third kappa shape index (κ3) is 5.14. The molecule has 0 bridgehead atoms. The predicted molar refractivity (Wildman–Crippen MR) is 115 cm³/mol. The van der Waals surface area contributed by atoms with Gasteiger partial charge in [0.15, 0.2) is 5.78 Å². The molecule has 1 aliphatic heterocycles. The molecule has 3 heterocycles. The number of carbonyl (C=O) groups excluding carboxylic acids is 2. The number of anilines is 1. The Labute approximate surface area is 176 Å². The van der Waals surface area contributed by atoms with Crippen molar-refractivity contribution in [3.05, 3.63) is 59.0 Å². The van der Waals surface area contributed by atoms with E-state index < -0.39 is 0 Å². The number of likely N-dealkylation sites (tertiary alicyclic amines) is 1. The van der Waals surface area contributed by atoms with E-state index in [0.29, 0.717) is 23.9 Å². The average molecular weight is 415 g/mol. The van der Waals surface area contributed by atoms with Crippen LogP contribution < -0.4 is 5.32 Å². The number of nitrogens with one attached hydrogen (secondary N) is 1. The number of aromatic nitrogens is 2. The van der Waals surface area contributed by atoms with E-state index in [2.05, 4.69) is 26.3 Å². The second-order valence-corrected chi connectivity index (χ2v) is 7.95. The fourth-order valence-corrected chi connectivity index (χ4v) is 3.92. The highest BCUT2D eigenvalue weighted by Gasteiger charge is 2.27. The van der Waals surface area contributed by atoms with Gasteiger partial charge in [-0.15, -0.1) is 6.58 Å². The number of pyridine rings is 1. The second kappa shape index (κ2) is 9.37. The third-order valence-corrected chi connectivity index (χ3v) is 5.71. The number of allylic oxidation sites excluding steroid dienone is 1. The number of halogens is 1. The third-order valence-electron chi connectivity index (χ3n) is 5.49. The van der Waals surface area contributed by atoms with Gasteiger partial charge in [-0.3, -0.25) is 14.5 Å². The maximum Gasteiger partial charge on any atom is 0.228 e. The molecule has 1 amide bonds. The average Bonchev–Trinajstić information content (AvgIpc) is 2.99. The molecule has 29 heavy (non-hydrogen) atoms. The van der Waals surface area contributed by atoms with Crippen LogP contribution in [0.15, 0.2) is 37.1 Å². The summed E-state index contributed by atoms with van der Waals surface area (Å²) in [6.07, 6.45) is 4.80. The Morgan fingerprint density at radius 2 is 2.03 bits per heavy atom. The lowest BCUT2D eigenvalue weighted by atomic mass is 9.95. The van der Waals surface area contributed by atoms with E-state index >= 15 is 0 Å². The van der Waals surface area contributed by atoms with Crippen LogP contribution in [0.3, 0.4) is 0 Å². The Hall–Kier alpha value is -2.44. The quantitative estimate of drug-likeness (QED) is 0.551. The van der Waals surface area contributed by atoms with Gasteiger partial charge in [-0.1, -0.05) is 17.7 Å². The van der Waals surface area contributed by atoms with Crippen molar-refractivity contribution < 1.29 is 9.59 Å². The number of amides is 1. The summed E-state index contributed by atoms with van der Waals surface area (Å²) in [6, 6.07) is 5.35. The molecule has 0 unspecified atom stereocenters. The zero-order valence-electron chi connectivity index (χ0n) is 16.9. The number of piperidine rings is 1. The maximum atomic E-state index is 12.8. The highest BCUT2D eigenvalue weighted by atomic mass is 35.5. The minimum Gasteiger partial charge on any atom is -0.345 e. The fraction of sp³-hybridized carbons (Fsp3) is 0.409. The van der Waals surface area contributed by atoms with E-state index in [0.717, 1.165) is 42.9 Å². The summed E-state index contributed by atoms with van der Waals surface area (Å²) in [6.45, 7) is 10.3. The van der Waals surface area contributed by atoms with Crippen LogP contribution in [0.4, 0.5) is 5.82 Å². The summed E-state index contributed by atoms with van der Waals surface area (Å²) in [5, 5.41) is 3.38. The number of hydrogen-bond donors (Lipinski definition) is 1. The molecule has 0 aliphatic carbocycles. The van der Waals surface area contributed by atoms with Crippen LogP contribution in [-0.4, -0.2) is 45.8 Å². The van der Waals surface area contributed by atoms with Gasteiger partial charge >= 0.3 is 0 Å². The Morgan fingerprint density at radius 3 is 2.66 bits per heavy atom. The summed E-state index contributed by atoms with van der Waals surface area (Å²) < 4.78 is 2.10. The second-order valence-electron chi connectivity index (χ2n) is 7.51. The zero-order chi connectivity index (χ0) is 21.0. The molecule has 2 aromatic heterocycles. The predicted octanol–water partition coefficient (Wildman–Crippen LogP) is 3.87. The Bertz CT molecular complexity index is 896. The van der Waals surface area contributed by atoms with Gasteiger partial charge in [0, 0.05) is 35.6 Å².